The monoisotopic (exact) mass is 456 g/mol. The Bertz CT molecular complexity index is 1080. The van der Waals surface area contributed by atoms with Crippen LogP contribution in [-0.4, -0.2) is 52.9 Å². The summed E-state index contributed by atoms with van der Waals surface area (Å²) in [5.74, 6) is -0.713. The van der Waals surface area contributed by atoms with E-state index in [1.807, 2.05) is 4.90 Å². The van der Waals surface area contributed by atoms with Gasteiger partial charge in [-0.3, -0.25) is 9.78 Å². The lowest BCUT2D eigenvalue weighted by atomic mass is 9.99. The molecule has 0 bridgehead atoms. The van der Waals surface area contributed by atoms with E-state index in [0.29, 0.717) is 24.8 Å². The minimum Gasteiger partial charge on any atom is -0.373 e. The summed E-state index contributed by atoms with van der Waals surface area (Å²) in [6.07, 6.45) is -0.753. The normalized spacial score (nSPS) is 17.7. The van der Waals surface area contributed by atoms with Gasteiger partial charge in [0.1, 0.15) is 6.42 Å². The molecule has 2 aliphatic rings. The highest BCUT2D eigenvalue weighted by Crippen LogP contribution is 2.35. The topological polar surface area (TPSA) is 61.0 Å². The van der Waals surface area contributed by atoms with Crippen molar-refractivity contribution < 1.29 is 18.0 Å². The zero-order chi connectivity index (χ0) is 23.6. The molecule has 2 aliphatic heterocycles. The number of hydrogen-bond donors (Lipinski definition) is 1. The molecule has 0 aliphatic carbocycles. The first-order valence-electron chi connectivity index (χ1n) is 10.9. The Labute approximate surface area is 189 Å². The average molecular weight is 456 g/mol. The first-order valence-corrected chi connectivity index (χ1v) is 10.9. The van der Waals surface area contributed by atoms with E-state index in [0.717, 1.165) is 38.1 Å². The van der Waals surface area contributed by atoms with Crippen molar-refractivity contribution in [2.24, 2.45) is 0 Å². The summed E-state index contributed by atoms with van der Waals surface area (Å²) in [4.78, 5) is 30.0. The van der Waals surface area contributed by atoms with Gasteiger partial charge in [0.2, 0.25) is 0 Å². The summed E-state index contributed by atoms with van der Waals surface area (Å²) in [6.45, 7) is 17.5. The van der Waals surface area contributed by atoms with Crippen molar-refractivity contribution in [1.29, 1.82) is 0 Å². The van der Waals surface area contributed by atoms with E-state index in [1.54, 1.807) is 0 Å². The van der Waals surface area contributed by atoms with Gasteiger partial charge in [0.25, 0.3) is 17.5 Å². The summed E-state index contributed by atoms with van der Waals surface area (Å²) in [6, 6.07) is 3.93. The molecule has 2 fully saturated rings. The predicted molar refractivity (Wildman–Crippen MR) is 117 cm³/mol. The van der Waals surface area contributed by atoms with Crippen molar-refractivity contribution in [3.63, 3.8) is 0 Å². The molecule has 0 saturated carbocycles. The van der Waals surface area contributed by atoms with Gasteiger partial charge in [0, 0.05) is 30.4 Å². The van der Waals surface area contributed by atoms with Gasteiger partial charge in [-0.15, -0.1) is 0 Å². The van der Waals surface area contributed by atoms with Crippen LogP contribution in [0.15, 0.2) is 18.2 Å². The molecule has 0 atom stereocenters. The maximum absolute atomic E-state index is 13.6. The van der Waals surface area contributed by atoms with Crippen molar-refractivity contribution in [3.8, 4) is 0 Å². The zero-order valence-corrected chi connectivity index (χ0v) is 18.0. The summed E-state index contributed by atoms with van der Waals surface area (Å²) < 4.78 is 40.8. The van der Waals surface area contributed by atoms with Gasteiger partial charge >= 0.3 is 6.18 Å². The van der Waals surface area contributed by atoms with Gasteiger partial charge in [0.15, 0.2) is 5.78 Å². The summed E-state index contributed by atoms with van der Waals surface area (Å²) in [5.41, 5.74) is -0.545. The Morgan fingerprint density at radius 1 is 1.09 bits per heavy atom. The van der Waals surface area contributed by atoms with Gasteiger partial charge < -0.3 is 19.5 Å². The van der Waals surface area contributed by atoms with Crippen LogP contribution in [0.4, 0.5) is 30.5 Å². The molecular formula is C23H23F3N6O. The smallest absolute Gasteiger partial charge is 0.373 e. The lowest BCUT2D eigenvalue weighted by Gasteiger charge is -2.38. The molecule has 0 radical (unpaired) electrons. The summed E-state index contributed by atoms with van der Waals surface area (Å²) >= 11 is 0. The van der Waals surface area contributed by atoms with E-state index in [9.17, 15) is 18.0 Å². The molecule has 33 heavy (non-hydrogen) atoms. The first kappa shape index (κ1) is 22.8. The van der Waals surface area contributed by atoms with Gasteiger partial charge in [-0.05, 0) is 57.0 Å². The third kappa shape index (κ3) is 5.01. The number of aromatic nitrogens is 2. The number of nitrogens with zero attached hydrogens (tertiary/aromatic N) is 5. The van der Waals surface area contributed by atoms with E-state index in [1.165, 1.54) is 18.9 Å². The Balaban J connectivity index is 1.55. The van der Waals surface area contributed by atoms with E-state index < -0.39 is 17.5 Å². The number of piperidine rings is 1. The number of rotatable bonds is 5. The maximum Gasteiger partial charge on any atom is 0.416 e. The number of aromatic amines is 1. The van der Waals surface area contributed by atoms with Gasteiger partial charge in [0.05, 0.1) is 5.56 Å². The molecule has 7 nitrogen and oxygen atoms in total. The number of alkyl halides is 3. The standard InChI is InChI=1S/C23H23F3N6O/c1-27-21-22(28-2)30-20(29-21)14-19(33)15-11-16(23(24,25)26)13-18(12-15)32-9-5-17(6-10-32)31-7-3-4-8-31/h11-13,17H,3-10,14H2,(H,29,30). The van der Waals surface area contributed by atoms with Gasteiger partial charge in [-0.2, -0.15) is 13.2 Å². The lowest BCUT2D eigenvalue weighted by Crippen LogP contribution is -2.44. The second-order valence-electron chi connectivity index (χ2n) is 8.41. The fourth-order valence-corrected chi connectivity index (χ4v) is 4.61. The minimum absolute atomic E-state index is 0.0633. The molecule has 2 aromatic rings. The predicted octanol–water partition coefficient (Wildman–Crippen LogP) is 5.02. The molecule has 4 rings (SSSR count). The molecule has 10 heteroatoms. The number of H-pyrrole nitrogens is 1. The third-order valence-electron chi connectivity index (χ3n) is 6.31. The number of nitrogens with one attached hydrogen (secondary N) is 1. The molecule has 2 saturated heterocycles. The van der Waals surface area contributed by atoms with Crippen LogP contribution in [0.5, 0.6) is 0 Å². The van der Waals surface area contributed by atoms with Gasteiger partial charge in [-0.25, -0.2) is 0 Å². The number of carbonyl (C=O) groups is 1. The summed E-state index contributed by atoms with van der Waals surface area (Å²) in [7, 11) is 0. The Kier molecular flexibility index (Phi) is 6.39. The maximum atomic E-state index is 13.6. The lowest BCUT2D eigenvalue weighted by molar-refractivity contribution is -0.137. The van der Waals surface area contributed by atoms with Crippen LogP contribution >= 0.6 is 0 Å². The highest BCUT2D eigenvalue weighted by atomic mass is 19.4. The largest absolute Gasteiger partial charge is 0.416 e. The molecule has 0 spiro atoms. The van der Waals surface area contributed by atoms with Crippen LogP contribution in [0.1, 0.15) is 47.4 Å². The molecule has 1 aromatic carbocycles. The van der Waals surface area contributed by atoms with E-state index in [4.69, 9.17) is 13.1 Å². The van der Waals surface area contributed by atoms with E-state index >= 15 is 0 Å². The number of Topliss-reactive ketones (excluding diaryl/α,β-unsaturated/α-hetero) is 1. The minimum atomic E-state index is -4.59. The molecule has 172 valence electrons. The van der Waals surface area contributed by atoms with Crippen LogP contribution in [0, 0.1) is 13.1 Å². The molecule has 0 unspecified atom stereocenters. The highest BCUT2D eigenvalue weighted by Gasteiger charge is 2.33. The second kappa shape index (κ2) is 9.24. The highest BCUT2D eigenvalue weighted by molar-refractivity contribution is 5.98. The fourth-order valence-electron chi connectivity index (χ4n) is 4.61. The fraction of sp³-hybridized carbons (Fsp3) is 0.478. The van der Waals surface area contributed by atoms with Crippen molar-refractivity contribution in [2.45, 2.75) is 44.3 Å². The SMILES string of the molecule is [C-]#[N+]c1nc(CC(=O)c2cc(N3CCC(N4CCCC4)CC3)cc(C(F)(F)F)c2)[nH]c1[N+]#[C-]. The number of benzene rings is 1. The van der Waals surface area contributed by atoms with Crippen molar-refractivity contribution in [3.05, 3.63) is 58.0 Å². The number of ketones is 1. The number of carbonyl (C=O) groups excluding carboxylic acids is 1. The third-order valence-corrected chi connectivity index (χ3v) is 6.31. The van der Waals surface area contributed by atoms with E-state index in [-0.39, 0.29) is 29.4 Å². The second-order valence-corrected chi connectivity index (χ2v) is 8.41. The molecule has 3 heterocycles. The van der Waals surface area contributed by atoms with Crippen molar-refractivity contribution >= 4 is 23.1 Å². The van der Waals surface area contributed by atoms with Gasteiger partial charge in [-0.1, -0.05) is 18.1 Å². The average Bonchev–Trinajstić information content (AvgIpc) is 3.48. The Morgan fingerprint density at radius 3 is 2.36 bits per heavy atom. The number of anilines is 1. The molecular weight excluding hydrogens is 433 g/mol. The van der Waals surface area contributed by atoms with Crippen LogP contribution in [-0.2, 0) is 12.6 Å². The van der Waals surface area contributed by atoms with Crippen LogP contribution in [0.25, 0.3) is 9.69 Å². The quantitative estimate of drug-likeness (QED) is 0.507. The van der Waals surface area contributed by atoms with Crippen molar-refractivity contribution in [1.82, 2.24) is 14.9 Å². The molecule has 1 aromatic heterocycles. The Hall–Kier alpha value is -3.37. The number of likely N-dealkylation sites (tertiary alicyclic amines) is 1. The molecule has 1 N–H and O–H groups in total. The van der Waals surface area contributed by atoms with Crippen LogP contribution in [0.3, 0.4) is 0 Å². The van der Waals surface area contributed by atoms with Crippen molar-refractivity contribution in [2.75, 3.05) is 31.1 Å². The number of halogens is 3. The number of hydrogen-bond acceptors (Lipinski definition) is 4. The molecule has 0 amide bonds. The van der Waals surface area contributed by atoms with Crippen LogP contribution in [0.2, 0.25) is 0 Å². The summed E-state index contributed by atoms with van der Waals surface area (Å²) in [5, 5.41) is 0. The van der Waals surface area contributed by atoms with Crippen LogP contribution < -0.4 is 4.90 Å². The number of imidazole rings is 1. The first-order chi connectivity index (χ1) is 15.8. The zero-order valence-electron chi connectivity index (χ0n) is 18.0. The van der Waals surface area contributed by atoms with E-state index in [2.05, 4.69) is 24.6 Å². The Morgan fingerprint density at radius 2 is 1.79 bits per heavy atom.